The highest BCUT2D eigenvalue weighted by Gasteiger charge is 2.14. The van der Waals surface area contributed by atoms with Crippen LogP contribution in [0.1, 0.15) is 6.92 Å². The molecule has 0 aromatic heterocycles. The van der Waals surface area contributed by atoms with E-state index in [-0.39, 0.29) is 37.2 Å². The summed E-state index contributed by atoms with van der Waals surface area (Å²) in [6, 6.07) is 6.34. The van der Waals surface area contributed by atoms with Crippen molar-refractivity contribution in [1.82, 2.24) is 4.90 Å². The number of ether oxygens (including phenoxy) is 2. The van der Waals surface area contributed by atoms with Crippen LogP contribution in [-0.2, 0) is 14.3 Å². The van der Waals surface area contributed by atoms with Crippen LogP contribution in [0.2, 0.25) is 0 Å². The summed E-state index contributed by atoms with van der Waals surface area (Å²) in [4.78, 5) is 24.1. The molecule has 1 amide bonds. The first-order valence-electron chi connectivity index (χ1n) is 5.85. The van der Waals surface area contributed by atoms with Crippen LogP contribution in [-0.4, -0.2) is 48.7 Å². The first-order chi connectivity index (χ1) is 9.04. The molecule has 0 radical (unpaired) electrons. The van der Waals surface area contributed by atoms with E-state index in [9.17, 15) is 14.7 Å². The number of aromatic hydroxyl groups is 1. The van der Waals surface area contributed by atoms with E-state index in [1.165, 1.54) is 18.0 Å². The molecule has 0 spiro atoms. The van der Waals surface area contributed by atoms with Gasteiger partial charge in [-0.25, -0.2) is 0 Å². The maximum Gasteiger partial charge on any atom is 0.325 e. The Morgan fingerprint density at radius 1 is 1.32 bits per heavy atom. The minimum Gasteiger partial charge on any atom is -0.504 e. The van der Waals surface area contributed by atoms with Gasteiger partial charge in [0.25, 0.3) is 5.91 Å². The number of carbonyl (C=O) groups excluding carboxylic acids is 2. The molecule has 0 bridgehead atoms. The van der Waals surface area contributed by atoms with Crippen molar-refractivity contribution in [1.29, 1.82) is 0 Å². The van der Waals surface area contributed by atoms with Gasteiger partial charge >= 0.3 is 5.97 Å². The summed E-state index contributed by atoms with van der Waals surface area (Å²) in [7, 11) is 1.48. The summed E-state index contributed by atoms with van der Waals surface area (Å²) in [5, 5.41) is 9.45. The van der Waals surface area contributed by atoms with Crippen LogP contribution in [0.4, 0.5) is 0 Å². The fourth-order valence-electron chi connectivity index (χ4n) is 1.32. The van der Waals surface area contributed by atoms with Crippen molar-refractivity contribution in [2.24, 2.45) is 0 Å². The van der Waals surface area contributed by atoms with Gasteiger partial charge in [0.2, 0.25) is 0 Å². The van der Waals surface area contributed by atoms with Crippen molar-refractivity contribution >= 4 is 11.9 Å². The van der Waals surface area contributed by atoms with Crippen LogP contribution in [0.5, 0.6) is 11.5 Å². The van der Waals surface area contributed by atoms with E-state index in [1.807, 2.05) is 0 Å². The lowest BCUT2D eigenvalue weighted by Crippen LogP contribution is -2.36. The van der Waals surface area contributed by atoms with Crippen molar-refractivity contribution < 1.29 is 24.2 Å². The average Bonchev–Trinajstić information content (AvgIpc) is 2.37. The smallest absolute Gasteiger partial charge is 0.325 e. The number of likely N-dealkylation sites (N-methyl/N-ethyl adjacent to an activating group) is 1. The van der Waals surface area contributed by atoms with Crippen LogP contribution in [0, 0.1) is 0 Å². The Morgan fingerprint density at radius 2 is 2.00 bits per heavy atom. The largest absolute Gasteiger partial charge is 0.504 e. The Labute approximate surface area is 111 Å². The lowest BCUT2D eigenvalue weighted by Gasteiger charge is -2.16. The number of nitrogens with zero attached hydrogens (tertiary/aromatic N) is 1. The van der Waals surface area contributed by atoms with Gasteiger partial charge in [0.1, 0.15) is 6.54 Å². The third-order valence-electron chi connectivity index (χ3n) is 2.31. The monoisotopic (exact) mass is 267 g/mol. The van der Waals surface area contributed by atoms with Crippen molar-refractivity contribution in [3.05, 3.63) is 24.3 Å². The number of hydrogen-bond donors (Lipinski definition) is 1. The topological polar surface area (TPSA) is 76.1 Å². The summed E-state index contributed by atoms with van der Waals surface area (Å²) in [6.45, 7) is 1.58. The predicted octanol–water partition coefficient (Wildman–Crippen LogP) is 0.792. The minimum atomic E-state index is -0.471. The molecule has 6 nitrogen and oxygen atoms in total. The van der Waals surface area contributed by atoms with E-state index in [1.54, 1.807) is 25.1 Å². The first-order valence-corrected chi connectivity index (χ1v) is 5.85. The van der Waals surface area contributed by atoms with Gasteiger partial charge in [-0.15, -0.1) is 0 Å². The van der Waals surface area contributed by atoms with Gasteiger partial charge in [-0.05, 0) is 19.1 Å². The summed E-state index contributed by atoms with van der Waals surface area (Å²) in [5.74, 6) is -0.666. The van der Waals surface area contributed by atoms with E-state index in [4.69, 9.17) is 9.47 Å². The molecule has 0 aliphatic heterocycles. The number of carbonyl (C=O) groups is 2. The quantitative estimate of drug-likeness (QED) is 0.771. The maximum absolute atomic E-state index is 11.7. The number of para-hydroxylation sites is 2. The summed E-state index contributed by atoms with van der Waals surface area (Å²) in [6.07, 6.45) is 0. The maximum atomic E-state index is 11.7. The molecule has 0 aliphatic carbocycles. The van der Waals surface area contributed by atoms with E-state index < -0.39 is 5.97 Å². The minimum absolute atomic E-state index is 0.0386. The molecular formula is C13H17NO5. The summed E-state index contributed by atoms with van der Waals surface area (Å²) >= 11 is 0. The predicted molar refractivity (Wildman–Crippen MR) is 67.9 cm³/mol. The zero-order valence-electron chi connectivity index (χ0n) is 11.0. The number of phenols is 1. The van der Waals surface area contributed by atoms with Crippen LogP contribution < -0.4 is 4.74 Å². The molecule has 0 fully saturated rings. The zero-order chi connectivity index (χ0) is 14.3. The van der Waals surface area contributed by atoms with Crippen LogP contribution in [0.3, 0.4) is 0 Å². The highest BCUT2D eigenvalue weighted by molar-refractivity contribution is 5.82. The highest BCUT2D eigenvalue weighted by Crippen LogP contribution is 2.24. The second-order valence-electron chi connectivity index (χ2n) is 3.81. The molecule has 104 valence electrons. The van der Waals surface area contributed by atoms with E-state index in [0.29, 0.717) is 0 Å². The second kappa shape index (κ2) is 7.25. The lowest BCUT2D eigenvalue weighted by atomic mass is 10.3. The first kappa shape index (κ1) is 14.8. The number of hydrogen-bond acceptors (Lipinski definition) is 5. The van der Waals surface area contributed by atoms with Gasteiger partial charge < -0.3 is 19.5 Å². The van der Waals surface area contributed by atoms with Crippen LogP contribution in [0.25, 0.3) is 0 Å². The Morgan fingerprint density at radius 3 is 2.63 bits per heavy atom. The van der Waals surface area contributed by atoms with Gasteiger partial charge in [0, 0.05) is 7.05 Å². The molecule has 0 heterocycles. The molecule has 1 aromatic rings. The molecule has 1 rings (SSSR count). The zero-order valence-corrected chi connectivity index (χ0v) is 11.0. The normalized spacial score (nSPS) is 9.79. The number of benzene rings is 1. The fourth-order valence-corrected chi connectivity index (χ4v) is 1.32. The van der Waals surface area contributed by atoms with Crippen molar-refractivity contribution in [3.63, 3.8) is 0 Å². The number of amides is 1. The van der Waals surface area contributed by atoms with E-state index in [2.05, 4.69) is 0 Å². The van der Waals surface area contributed by atoms with Crippen molar-refractivity contribution in [2.75, 3.05) is 26.8 Å². The lowest BCUT2D eigenvalue weighted by molar-refractivity contribution is -0.148. The number of rotatable bonds is 6. The molecule has 1 aromatic carbocycles. The average molecular weight is 267 g/mol. The van der Waals surface area contributed by atoms with Gasteiger partial charge in [-0.3, -0.25) is 9.59 Å². The third-order valence-corrected chi connectivity index (χ3v) is 2.31. The second-order valence-corrected chi connectivity index (χ2v) is 3.81. The SMILES string of the molecule is CCOC(=O)CN(C)C(=O)COc1ccccc1O. The van der Waals surface area contributed by atoms with Crippen LogP contribution in [0.15, 0.2) is 24.3 Å². The van der Waals surface area contributed by atoms with Crippen molar-refractivity contribution in [2.45, 2.75) is 6.92 Å². The molecule has 0 saturated heterocycles. The Bertz CT molecular complexity index is 446. The van der Waals surface area contributed by atoms with Gasteiger partial charge in [-0.1, -0.05) is 12.1 Å². The standard InChI is InChI=1S/C13H17NO5/c1-3-18-13(17)8-14(2)12(16)9-19-11-7-5-4-6-10(11)15/h4-7,15H,3,8-9H2,1-2H3. The van der Waals surface area contributed by atoms with Crippen molar-refractivity contribution in [3.8, 4) is 11.5 Å². The molecule has 0 atom stereocenters. The Balaban J connectivity index is 2.43. The van der Waals surface area contributed by atoms with Gasteiger partial charge in [-0.2, -0.15) is 0 Å². The molecule has 0 saturated carbocycles. The Hall–Kier alpha value is -2.24. The van der Waals surface area contributed by atoms with E-state index in [0.717, 1.165) is 0 Å². The highest BCUT2D eigenvalue weighted by atomic mass is 16.5. The molecular weight excluding hydrogens is 250 g/mol. The molecule has 1 N–H and O–H groups in total. The molecule has 0 unspecified atom stereocenters. The van der Waals surface area contributed by atoms with Gasteiger partial charge in [0.15, 0.2) is 18.1 Å². The number of phenolic OH excluding ortho intramolecular Hbond substituents is 1. The van der Waals surface area contributed by atoms with E-state index >= 15 is 0 Å². The molecule has 0 aliphatic rings. The number of esters is 1. The Kier molecular flexibility index (Phi) is 5.66. The fraction of sp³-hybridized carbons (Fsp3) is 0.385. The molecule has 19 heavy (non-hydrogen) atoms. The third kappa shape index (κ3) is 4.87. The summed E-state index contributed by atoms with van der Waals surface area (Å²) in [5.41, 5.74) is 0. The molecule has 6 heteroatoms. The summed E-state index contributed by atoms with van der Waals surface area (Å²) < 4.78 is 9.90. The van der Waals surface area contributed by atoms with Crippen LogP contribution >= 0.6 is 0 Å². The van der Waals surface area contributed by atoms with Gasteiger partial charge in [0.05, 0.1) is 6.61 Å².